The topological polar surface area (TPSA) is 52.2 Å². The molecule has 0 unspecified atom stereocenters. The lowest BCUT2D eigenvalue weighted by molar-refractivity contribution is 0.0776. The number of likely N-dealkylation sites (N-methyl/N-ethyl adjacent to an activating group) is 1. The Labute approximate surface area is 167 Å². The van der Waals surface area contributed by atoms with Gasteiger partial charge in [0.15, 0.2) is 0 Å². The maximum Gasteiger partial charge on any atom is 0.271 e. The predicted octanol–water partition coefficient (Wildman–Crippen LogP) is 3.80. The first-order valence-electron chi connectivity index (χ1n) is 9.66. The number of nitrogens with zero attached hydrogens (tertiary/aromatic N) is 3. The van der Waals surface area contributed by atoms with Gasteiger partial charge >= 0.3 is 0 Å². The van der Waals surface area contributed by atoms with Gasteiger partial charge in [-0.25, -0.2) is 0 Å². The number of aromatic nitrogens is 2. The van der Waals surface area contributed by atoms with Crippen LogP contribution >= 0.6 is 0 Å². The van der Waals surface area contributed by atoms with Gasteiger partial charge in [-0.2, -0.15) is 5.10 Å². The van der Waals surface area contributed by atoms with Gasteiger partial charge in [0.2, 0.25) is 0 Å². The monoisotopic (exact) mass is 376 g/mol. The summed E-state index contributed by atoms with van der Waals surface area (Å²) < 4.78 is 0. The van der Waals surface area contributed by atoms with E-state index in [-0.39, 0.29) is 7.33 Å². The van der Waals surface area contributed by atoms with Crippen molar-refractivity contribution in [2.75, 3.05) is 27.2 Å². The summed E-state index contributed by atoms with van der Waals surface area (Å²) >= 11 is 0. The third-order valence-electron chi connectivity index (χ3n) is 5.62. The van der Waals surface area contributed by atoms with Gasteiger partial charge in [-0.05, 0) is 32.6 Å². The molecule has 28 heavy (non-hydrogen) atoms. The van der Waals surface area contributed by atoms with E-state index in [0.717, 1.165) is 11.3 Å². The van der Waals surface area contributed by atoms with Crippen LogP contribution in [0.5, 0.6) is 0 Å². The zero-order valence-electron chi connectivity index (χ0n) is 16.6. The molecule has 1 fully saturated rings. The van der Waals surface area contributed by atoms with Crippen LogP contribution in [0.2, 0.25) is 0 Å². The standard InChI is InChI=1S/C23H26N4O.H2/c1-16-9-11-17(12-10-16)19-14-27(15-22(19)26(2)3)23(28)21-13-20(24-25-21)18-7-5-4-6-8-18;/h4-13,19,22H,14-15H2,1-3H3,(H,24,25);1H/t19-,22+;/m1./s1. The molecule has 4 rings (SSSR count). The van der Waals surface area contributed by atoms with Gasteiger partial charge < -0.3 is 9.80 Å². The summed E-state index contributed by atoms with van der Waals surface area (Å²) in [5.41, 5.74) is 4.88. The molecule has 1 aliphatic heterocycles. The van der Waals surface area contributed by atoms with Gasteiger partial charge in [-0.1, -0.05) is 60.2 Å². The normalized spacial score (nSPS) is 19.4. The van der Waals surface area contributed by atoms with E-state index in [0.29, 0.717) is 30.7 Å². The second-order valence-electron chi connectivity index (χ2n) is 7.79. The molecule has 1 amide bonds. The highest BCUT2D eigenvalue weighted by Gasteiger charge is 2.38. The first kappa shape index (κ1) is 18.4. The van der Waals surface area contributed by atoms with E-state index < -0.39 is 0 Å². The molecule has 2 aromatic carbocycles. The zero-order valence-corrected chi connectivity index (χ0v) is 16.6. The van der Waals surface area contributed by atoms with Crippen molar-refractivity contribution in [1.82, 2.24) is 20.0 Å². The molecule has 5 heteroatoms. The minimum atomic E-state index is 0. The van der Waals surface area contributed by atoms with Gasteiger partial charge in [0.25, 0.3) is 5.91 Å². The van der Waals surface area contributed by atoms with Gasteiger partial charge in [-0.15, -0.1) is 0 Å². The van der Waals surface area contributed by atoms with Crippen LogP contribution in [0.3, 0.4) is 0 Å². The molecule has 1 aliphatic rings. The Hall–Kier alpha value is -2.92. The number of H-pyrrole nitrogens is 1. The first-order chi connectivity index (χ1) is 13.5. The SMILES string of the molecule is Cc1ccc([C@H]2CN(C(=O)c3cc(-c4ccccc4)n[nH]3)C[C@@H]2N(C)C)cc1.[HH]. The van der Waals surface area contributed by atoms with Crippen molar-refractivity contribution in [2.24, 2.45) is 0 Å². The highest BCUT2D eigenvalue weighted by Crippen LogP contribution is 2.31. The van der Waals surface area contributed by atoms with Crippen LogP contribution in [0.4, 0.5) is 0 Å². The molecule has 2 atom stereocenters. The summed E-state index contributed by atoms with van der Waals surface area (Å²) in [5, 5.41) is 7.27. The number of likely N-dealkylation sites (tertiary alicyclic amines) is 1. The summed E-state index contributed by atoms with van der Waals surface area (Å²) in [7, 11) is 4.17. The molecule has 5 nitrogen and oxygen atoms in total. The summed E-state index contributed by atoms with van der Waals surface area (Å²) in [6.07, 6.45) is 0. The van der Waals surface area contributed by atoms with Crippen LogP contribution in [-0.2, 0) is 0 Å². The van der Waals surface area contributed by atoms with Gasteiger partial charge in [0.1, 0.15) is 5.69 Å². The number of aromatic amines is 1. The molecular formula is C23H28N4O. The van der Waals surface area contributed by atoms with E-state index in [1.807, 2.05) is 41.3 Å². The number of amides is 1. The Kier molecular flexibility index (Phi) is 5.01. The van der Waals surface area contributed by atoms with Crippen molar-refractivity contribution in [1.29, 1.82) is 0 Å². The van der Waals surface area contributed by atoms with E-state index in [9.17, 15) is 4.79 Å². The molecule has 146 valence electrons. The Morgan fingerprint density at radius 2 is 1.82 bits per heavy atom. The van der Waals surface area contributed by atoms with Crippen molar-refractivity contribution >= 4 is 5.91 Å². The molecule has 0 bridgehead atoms. The maximum atomic E-state index is 13.1. The molecule has 1 saturated heterocycles. The maximum absolute atomic E-state index is 13.1. The van der Waals surface area contributed by atoms with Crippen molar-refractivity contribution in [3.63, 3.8) is 0 Å². The summed E-state index contributed by atoms with van der Waals surface area (Å²) in [6, 6.07) is 20.7. The largest absolute Gasteiger partial charge is 0.335 e. The van der Waals surface area contributed by atoms with Gasteiger partial charge in [0.05, 0.1) is 5.69 Å². The molecule has 3 aromatic rings. The van der Waals surface area contributed by atoms with Gasteiger partial charge in [-0.3, -0.25) is 9.89 Å². The number of aryl methyl sites for hydroxylation is 1. The summed E-state index contributed by atoms with van der Waals surface area (Å²) in [4.78, 5) is 17.3. The van der Waals surface area contributed by atoms with E-state index >= 15 is 0 Å². The average Bonchev–Trinajstić information content (AvgIpc) is 3.37. The molecular weight excluding hydrogens is 348 g/mol. The van der Waals surface area contributed by atoms with Crippen LogP contribution in [0.25, 0.3) is 11.3 Å². The number of rotatable bonds is 4. The van der Waals surface area contributed by atoms with E-state index in [1.165, 1.54) is 11.1 Å². The third-order valence-corrected chi connectivity index (χ3v) is 5.62. The van der Waals surface area contributed by atoms with Crippen molar-refractivity contribution in [3.05, 3.63) is 77.5 Å². The lowest BCUT2D eigenvalue weighted by Crippen LogP contribution is -2.36. The molecule has 0 saturated carbocycles. The van der Waals surface area contributed by atoms with Crippen molar-refractivity contribution in [2.45, 2.75) is 18.9 Å². The Morgan fingerprint density at radius 1 is 1.11 bits per heavy atom. The highest BCUT2D eigenvalue weighted by molar-refractivity contribution is 5.93. The fourth-order valence-electron chi connectivity index (χ4n) is 3.98. The summed E-state index contributed by atoms with van der Waals surface area (Å²) in [5.74, 6) is 0.312. The summed E-state index contributed by atoms with van der Waals surface area (Å²) in [6.45, 7) is 3.52. The minimum Gasteiger partial charge on any atom is -0.335 e. The van der Waals surface area contributed by atoms with Crippen molar-refractivity contribution < 1.29 is 6.22 Å². The Balaban J connectivity index is 0.00000240. The van der Waals surface area contributed by atoms with E-state index in [1.54, 1.807) is 0 Å². The average molecular weight is 377 g/mol. The molecule has 0 spiro atoms. The molecule has 0 aliphatic carbocycles. The van der Waals surface area contributed by atoms with Crippen LogP contribution in [0.1, 0.15) is 29.0 Å². The number of benzene rings is 2. The van der Waals surface area contributed by atoms with E-state index in [4.69, 9.17) is 0 Å². The first-order valence-corrected chi connectivity index (χ1v) is 9.66. The minimum absolute atomic E-state index is 0. The number of carbonyl (C=O) groups excluding carboxylic acids is 1. The fourth-order valence-corrected chi connectivity index (χ4v) is 3.98. The van der Waals surface area contributed by atoms with Crippen LogP contribution < -0.4 is 0 Å². The fraction of sp³-hybridized carbons (Fsp3) is 0.304. The van der Waals surface area contributed by atoms with E-state index in [2.05, 4.69) is 60.4 Å². The number of hydrogen-bond donors (Lipinski definition) is 1. The van der Waals surface area contributed by atoms with Crippen molar-refractivity contribution in [3.8, 4) is 11.3 Å². The molecule has 0 radical (unpaired) electrons. The second kappa shape index (κ2) is 7.60. The zero-order chi connectivity index (χ0) is 19.7. The molecule has 2 heterocycles. The number of nitrogens with one attached hydrogen (secondary N) is 1. The Bertz CT molecular complexity index is 953. The van der Waals surface area contributed by atoms with Crippen LogP contribution in [0.15, 0.2) is 60.7 Å². The third kappa shape index (κ3) is 3.58. The lowest BCUT2D eigenvalue weighted by atomic mass is 9.93. The number of carbonyl (C=O) groups is 1. The van der Waals surface area contributed by atoms with Gasteiger partial charge in [0, 0.05) is 32.0 Å². The highest BCUT2D eigenvalue weighted by atomic mass is 16.2. The molecule has 1 aromatic heterocycles. The Morgan fingerprint density at radius 3 is 2.50 bits per heavy atom. The molecule has 1 N–H and O–H groups in total. The van der Waals surface area contributed by atoms with Crippen LogP contribution in [0, 0.1) is 6.92 Å². The quantitative estimate of drug-likeness (QED) is 0.753. The second-order valence-corrected chi connectivity index (χ2v) is 7.79. The predicted molar refractivity (Wildman–Crippen MR) is 113 cm³/mol. The van der Waals surface area contributed by atoms with Crippen LogP contribution in [-0.4, -0.2) is 59.1 Å². The lowest BCUT2D eigenvalue weighted by Gasteiger charge is -2.25. The number of hydrogen-bond acceptors (Lipinski definition) is 3. The smallest absolute Gasteiger partial charge is 0.271 e.